The van der Waals surface area contributed by atoms with Crippen LogP contribution in [0.1, 0.15) is 27.2 Å². The van der Waals surface area contributed by atoms with Gasteiger partial charge >= 0.3 is 12.1 Å². The first-order valence-electron chi connectivity index (χ1n) is 5.75. The lowest BCUT2D eigenvalue weighted by molar-refractivity contribution is -0.144. The monoisotopic (exact) mass is 239 g/mol. The summed E-state index contributed by atoms with van der Waals surface area (Å²) in [5, 5.41) is 0. The molecule has 1 amide bonds. The van der Waals surface area contributed by atoms with Gasteiger partial charge in [-0.2, -0.15) is 0 Å². The molecule has 0 spiro atoms. The van der Waals surface area contributed by atoms with Crippen LogP contribution in [0.15, 0.2) is 12.2 Å². The molecule has 0 saturated carbocycles. The average molecular weight is 239 g/mol. The first-order valence-corrected chi connectivity index (χ1v) is 5.75. The van der Waals surface area contributed by atoms with Gasteiger partial charge in [-0.15, -0.1) is 0 Å². The third kappa shape index (κ3) is 2.60. The third-order valence-corrected chi connectivity index (χ3v) is 2.72. The minimum atomic E-state index is -0.510. The van der Waals surface area contributed by atoms with Gasteiger partial charge in [-0.25, -0.2) is 9.59 Å². The highest BCUT2D eigenvalue weighted by atomic mass is 16.6. The lowest BCUT2D eigenvalue weighted by Crippen LogP contribution is -2.43. The predicted molar refractivity (Wildman–Crippen MR) is 60.4 cm³/mol. The van der Waals surface area contributed by atoms with Gasteiger partial charge in [-0.3, -0.25) is 4.90 Å². The quantitative estimate of drug-likeness (QED) is 0.601. The van der Waals surface area contributed by atoms with E-state index in [1.807, 2.05) is 20.8 Å². The van der Waals surface area contributed by atoms with Gasteiger partial charge in [0.1, 0.15) is 11.7 Å². The minimum Gasteiger partial charge on any atom is -0.457 e. The molecule has 5 heteroatoms. The number of hydrogen-bond donors (Lipinski definition) is 0. The van der Waals surface area contributed by atoms with E-state index in [9.17, 15) is 9.59 Å². The van der Waals surface area contributed by atoms with Crippen molar-refractivity contribution in [2.24, 2.45) is 0 Å². The Kier molecular flexibility index (Phi) is 2.85. The highest BCUT2D eigenvalue weighted by Crippen LogP contribution is 2.26. The van der Waals surface area contributed by atoms with Crippen LogP contribution in [0.2, 0.25) is 0 Å². The maximum absolute atomic E-state index is 11.9. The molecular weight excluding hydrogens is 222 g/mol. The van der Waals surface area contributed by atoms with Gasteiger partial charge in [0.15, 0.2) is 0 Å². The molecule has 5 nitrogen and oxygen atoms in total. The van der Waals surface area contributed by atoms with Crippen molar-refractivity contribution in [3.05, 3.63) is 12.2 Å². The van der Waals surface area contributed by atoms with Crippen molar-refractivity contribution in [2.75, 3.05) is 6.54 Å². The summed E-state index contributed by atoms with van der Waals surface area (Å²) in [6.07, 6.45) is 3.17. The van der Waals surface area contributed by atoms with Gasteiger partial charge in [0, 0.05) is 19.0 Å². The topological polar surface area (TPSA) is 55.8 Å². The van der Waals surface area contributed by atoms with E-state index in [4.69, 9.17) is 9.47 Å². The van der Waals surface area contributed by atoms with Crippen LogP contribution in [-0.4, -0.2) is 41.3 Å². The Morgan fingerprint density at radius 3 is 2.88 bits per heavy atom. The number of ether oxygens (including phenoxy) is 2. The summed E-state index contributed by atoms with van der Waals surface area (Å²) in [6.45, 7) is 6.04. The molecule has 1 fully saturated rings. The van der Waals surface area contributed by atoms with Crippen LogP contribution < -0.4 is 0 Å². The number of carbonyl (C=O) groups excluding carboxylic acids is 2. The van der Waals surface area contributed by atoms with Crippen molar-refractivity contribution in [3.63, 3.8) is 0 Å². The predicted octanol–water partition coefficient (Wildman–Crippen LogP) is 1.48. The molecule has 2 unspecified atom stereocenters. The fraction of sp³-hybridized carbons (Fsp3) is 0.667. The second-order valence-electron chi connectivity index (χ2n) is 5.29. The number of esters is 1. The summed E-state index contributed by atoms with van der Waals surface area (Å²) < 4.78 is 10.5. The molecule has 0 radical (unpaired) electrons. The molecule has 2 atom stereocenters. The van der Waals surface area contributed by atoms with Crippen LogP contribution in [-0.2, 0) is 14.3 Å². The Morgan fingerprint density at radius 2 is 2.24 bits per heavy atom. The number of amides is 1. The molecule has 94 valence electrons. The molecule has 17 heavy (non-hydrogen) atoms. The van der Waals surface area contributed by atoms with Crippen LogP contribution >= 0.6 is 0 Å². The highest BCUT2D eigenvalue weighted by molar-refractivity contribution is 5.83. The van der Waals surface area contributed by atoms with Gasteiger partial charge in [-0.05, 0) is 20.8 Å². The molecule has 2 heterocycles. The van der Waals surface area contributed by atoms with E-state index in [1.54, 1.807) is 11.0 Å². The van der Waals surface area contributed by atoms with E-state index in [2.05, 4.69) is 0 Å². The Labute approximate surface area is 100 Å². The van der Waals surface area contributed by atoms with E-state index in [1.165, 1.54) is 6.08 Å². The zero-order chi connectivity index (χ0) is 12.6. The van der Waals surface area contributed by atoms with Crippen LogP contribution in [0.4, 0.5) is 4.79 Å². The molecule has 0 aromatic heterocycles. The molecular formula is C12H17NO4. The Bertz CT molecular complexity index is 369. The fourth-order valence-corrected chi connectivity index (χ4v) is 2.04. The van der Waals surface area contributed by atoms with E-state index in [-0.39, 0.29) is 24.2 Å². The first-order chi connectivity index (χ1) is 7.87. The first kappa shape index (κ1) is 12.0. The third-order valence-electron chi connectivity index (χ3n) is 2.72. The van der Waals surface area contributed by atoms with Gasteiger partial charge in [0.05, 0.1) is 6.04 Å². The maximum Gasteiger partial charge on any atom is 0.410 e. The molecule has 2 rings (SSSR count). The van der Waals surface area contributed by atoms with E-state index in [0.29, 0.717) is 13.0 Å². The number of carbonyl (C=O) groups is 2. The van der Waals surface area contributed by atoms with E-state index >= 15 is 0 Å². The van der Waals surface area contributed by atoms with Crippen LogP contribution in [0.25, 0.3) is 0 Å². The lowest BCUT2D eigenvalue weighted by atomic mass is 10.1. The van der Waals surface area contributed by atoms with Crippen molar-refractivity contribution < 1.29 is 19.1 Å². The average Bonchev–Trinajstić information content (AvgIpc) is 2.57. The number of hydrogen-bond acceptors (Lipinski definition) is 4. The highest BCUT2D eigenvalue weighted by Gasteiger charge is 2.41. The normalized spacial score (nSPS) is 27.7. The van der Waals surface area contributed by atoms with Crippen LogP contribution in [0.5, 0.6) is 0 Å². The Hall–Kier alpha value is -1.52. The number of fused-ring (bicyclic) bond motifs is 1. The zero-order valence-corrected chi connectivity index (χ0v) is 10.3. The Balaban J connectivity index is 2.06. The van der Waals surface area contributed by atoms with Crippen molar-refractivity contribution in [2.45, 2.75) is 44.9 Å². The SMILES string of the molecule is CC(C)(C)OC(=O)N1CCC2OC(=O)C=CC21. The molecule has 2 aliphatic rings. The molecule has 0 N–H and O–H groups in total. The summed E-state index contributed by atoms with van der Waals surface area (Å²) in [4.78, 5) is 24.6. The van der Waals surface area contributed by atoms with Crippen molar-refractivity contribution in [1.82, 2.24) is 4.90 Å². The van der Waals surface area contributed by atoms with Crippen LogP contribution in [0, 0.1) is 0 Å². The fourth-order valence-electron chi connectivity index (χ4n) is 2.04. The van der Waals surface area contributed by atoms with Crippen LogP contribution in [0.3, 0.4) is 0 Å². The summed E-state index contributed by atoms with van der Waals surface area (Å²) in [5.41, 5.74) is -0.510. The molecule has 2 aliphatic heterocycles. The Morgan fingerprint density at radius 1 is 1.53 bits per heavy atom. The van der Waals surface area contributed by atoms with E-state index < -0.39 is 5.60 Å². The standard InChI is InChI=1S/C12H17NO4/c1-12(2,3)17-11(15)13-7-6-9-8(13)4-5-10(14)16-9/h4-5,8-9H,6-7H2,1-3H3. The number of rotatable bonds is 0. The zero-order valence-electron chi connectivity index (χ0n) is 10.3. The van der Waals surface area contributed by atoms with Gasteiger partial charge in [0.25, 0.3) is 0 Å². The summed E-state index contributed by atoms with van der Waals surface area (Å²) in [6, 6.07) is -0.178. The van der Waals surface area contributed by atoms with Crippen molar-refractivity contribution >= 4 is 12.1 Å². The molecule has 0 bridgehead atoms. The summed E-state index contributed by atoms with van der Waals surface area (Å²) in [5.74, 6) is -0.336. The summed E-state index contributed by atoms with van der Waals surface area (Å²) >= 11 is 0. The number of likely N-dealkylation sites (tertiary alicyclic amines) is 1. The molecule has 0 aromatic rings. The smallest absolute Gasteiger partial charge is 0.410 e. The minimum absolute atomic E-state index is 0.178. The van der Waals surface area contributed by atoms with E-state index in [0.717, 1.165) is 0 Å². The number of nitrogens with zero attached hydrogens (tertiary/aromatic N) is 1. The van der Waals surface area contributed by atoms with Gasteiger partial charge in [0.2, 0.25) is 0 Å². The second kappa shape index (κ2) is 4.05. The van der Waals surface area contributed by atoms with Gasteiger partial charge in [-0.1, -0.05) is 6.08 Å². The maximum atomic E-state index is 11.9. The van der Waals surface area contributed by atoms with Gasteiger partial charge < -0.3 is 9.47 Å². The second-order valence-corrected chi connectivity index (χ2v) is 5.29. The molecule has 0 aliphatic carbocycles. The van der Waals surface area contributed by atoms with Crippen molar-refractivity contribution in [1.29, 1.82) is 0 Å². The molecule has 0 aromatic carbocycles. The summed E-state index contributed by atoms with van der Waals surface area (Å²) in [7, 11) is 0. The molecule has 1 saturated heterocycles. The lowest BCUT2D eigenvalue weighted by Gasteiger charge is -2.29. The van der Waals surface area contributed by atoms with Crippen molar-refractivity contribution in [3.8, 4) is 0 Å². The largest absolute Gasteiger partial charge is 0.457 e.